The van der Waals surface area contributed by atoms with Gasteiger partial charge in [0.2, 0.25) is 10.0 Å². The Kier molecular flexibility index (Phi) is 5.17. The molecule has 0 aromatic rings. The molecule has 1 aliphatic heterocycles. The lowest BCUT2D eigenvalue weighted by atomic mass is 10.2. The molecular weight excluding hydrogens is 228 g/mol. The van der Waals surface area contributed by atoms with Gasteiger partial charge in [0.1, 0.15) is 0 Å². The fourth-order valence-electron chi connectivity index (χ4n) is 1.67. The lowest BCUT2D eigenvalue weighted by Crippen LogP contribution is -2.59. The maximum atomic E-state index is 12.0. The maximum Gasteiger partial charge on any atom is 0.216 e. The molecule has 0 spiro atoms. The highest BCUT2D eigenvalue weighted by Gasteiger charge is 2.32. The zero-order valence-corrected chi connectivity index (χ0v) is 11.1. The van der Waals surface area contributed by atoms with Crippen molar-refractivity contribution >= 4 is 10.0 Å². The van der Waals surface area contributed by atoms with E-state index in [1.165, 1.54) is 0 Å². The number of rotatable bonds is 7. The topological polar surface area (TPSA) is 58.6 Å². The predicted molar refractivity (Wildman–Crippen MR) is 63.9 cm³/mol. The summed E-state index contributed by atoms with van der Waals surface area (Å²) in [5, 5.41) is 3.09. The van der Waals surface area contributed by atoms with Crippen molar-refractivity contribution in [1.29, 1.82) is 0 Å². The highest BCUT2D eigenvalue weighted by Crippen LogP contribution is 2.11. The predicted octanol–water partition coefficient (Wildman–Crippen LogP) is 0.0349. The number of nitrogens with zero attached hydrogens (tertiary/aromatic N) is 1. The van der Waals surface area contributed by atoms with Crippen molar-refractivity contribution in [3.63, 3.8) is 0 Å². The zero-order valence-electron chi connectivity index (χ0n) is 10.3. The van der Waals surface area contributed by atoms with E-state index in [9.17, 15) is 8.42 Å². The molecule has 1 saturated heterocycles. The second kappa shape index (κ2) is 5.95. The van der Waals surface area contributed by atoms with Gasteiger partial charge in [-0.25, -0.2) is 8.42 Å². The number of hydrogen-bond donors (Lipinski definition) is 1. The van der Waals surface area contributed by atoms with Gasteiger partial charge in [0.25, 0.3) is 0 Å². The van der Waals surface area contributed by atoms with E-state index in [0.29, 0.717) is 6.54 Å². The molecule has 0 bridgehead atoms. The number of ether oxygens (including phenoxy) is 1. The second-order valence-corrected chi connectivity index (χ2v) is 6.29. The Balaban J connectivity index is 2.46. The molecule has 0 saturated carbocycles. The molecule has 96 valence electrons. The van der Waals surface area contributed by atoms with E-state index in [2.05, 4.69) is 5.32 Å². The smallest absolute Gasteiger partial charge is 0.216 e. The summed E-state index contributed by atoms with van der Waals surface area (Å²) in [6.07, 6.45) is 0.0793. The molecule has 0 aromatic carbocycles. The van der Waals surface area contributed by atoms with Gasteiger partial charge in [0.05, 0.1) is 18.5 Å². The van der Waals surface area contributed by atoms with Crippen LogP contribution >= 0.6 is 0 Å². The summed E-state index contributed by atoms with van der Waals surface area (Å²) in [6.45, 7) is 8.02. The Bertz CT molecular complexity index is 299. The molecule has 0 amide bonds. The van der Waals surface area contributed by atoms with Crippen molar-refractivity contribution in [2.24, 2.45) is 0 Å². The monoisotopic (exact) mass is 250 g/mol. The normalized spacial score (nSPS) is 18.1. The number of likely N-dealkylation sites (N-methyl/N-ethyl adjacent to an activating group) is 1. The van der Waals surface area contributed by atoms with Crippen molar-refractivity contribution in [3.8, 4) is 0 Å². The third kappa shape index (κ3) is 3.69. The minimum Gasteiger partial charge on any atom is -0.378 e. The number of sulfonamides is 1. The molecule has 16 heavy (non-hydrogen) atoms. The summed E-state index contributed by atoms with van der Waals surface area (Å²) in [4.78, 5) is 0. The van der Waals surface area contributed by atoms with Crippen LogP contribution in [0, 0.1) is 0 Å². The summed E-state index contributed by atoms with van der Waals surface area (Å²) >= 11 is 0. The van der Waals surface area contributed by atoms with Crippen LogP contribution in [0.25, 0.3) is 0 Å². The van der Waals surface area contributed by atoms with Gasteiger partial charge < -0.3 is 10.1 Å². The molecule has 1 aliphatic rings. The first-order chi connectivity index (χ1) is 7.47. The second-order valence-electron chi connectivity index (χ2n) is 4.25. The zero-order chi connectivity index (χ0) is 12.2. The number of hydrogen-bond acceptors (Lipinski definition) is 4. The van der Waals surface area contributed by atoms with Gasteiger partial charge in [-0.1, -0.05) is 6.92 Å². The van der Waals surface area contributed by atoms with E-state index in [1.54, 1.807) is 4.31 Å². The molecule has 0 unspecified atom stereocenters. The minimum absolute atomic E-state index is 0.0789. The summed E-state index contributed by atoms with van der Waals surface area (Å²) in [6, 6.07) is 0.133. The first-order valence-corrected chi connectivity index (χ1v) is 7.40. The van der Waals surface area contributed by atoms with Gasteiger partial charge >= 0.3 is 0 Å². The fraction of sp³-hybridized carbons (Fsp3) is 1.00. The quantitative estimate of drug-likeness (QED) is 0.693. The largest absolute Gasteiger partial charge is 0.378 e. The van der Waals surface area contributed by atoms with Crippen LogP contribution in [0.4, 0.5) is 0 Å². The number of nitrogens with one attached hydrogen (secondary N) is 1. The SMILES string of the molecule is CCN(C1CNC1)S(=O)(=O)CCOC(C)C. The van der Waals surface area contributed by atoms with Crippen molar-refractivity contribution in [2.45, 2.75) is 32.9 Å². The van der Waals surface area contributed by atoms with E-state index in [4.69, 9.17) is 4.74 Å². The van der Waals surface area contributed by atoms with Gasteiger partial charge in [-0.15, -0.1) is 0 Å². The Morgan fingerprint density at radius 2 is 2.06 bits per heavy atom. The lowest BCUT2D eigenvalue weighted by Gasteiger charge is -2.36. The van der Waals surface area contributed by atoms with Gasteiger partial charge in [-0.3, -0.25) is 0 Å². The molecule has 6 heteroatoms. The molecule has 0 aliphatic carbocycles. The molecule has 5 nitrogen and oxygen atoms in total. The van der Waals surface area contributed by atoms with Gasteiger partial charge in [0, 0.05) is 25.7 Å². The van der Waals surface area contributed by atoms with Crippen LogP contribution in [-0.2, 0) is 14.8 Å². The van der Waals surface area contributed by atoms with Crippen LogP contribution in [0.1, 0.15) is 20.8 Å². The third-order valence-corrected chi connectivity index (χ3v) is 4.58. The van der Waals surface area contributed by atoms with Crippen LogP contribution in [-0.4, -0.2) is 56.9 Å². The third-order valence-electron chi connectivity index (χ3n) is 2.63. The highest BCUT2D eigenvalue weighted by molar-refractivity contribution is 7.89. The van der Waals surface area contributed by atoms with E-state index in [-0.39, 0.29) is 24.5 Å². The Morgan fingerprint density at radius 3 is 2.44 bits per heavy atom. The van der Waals surface area contributed by atoms with Crippen molar-refractivity contribution in [2.75, 3.05) is 32.0 Å². The first kappa shape index (κ1) is 13.9. The average molecular weight is 250 g/mol. The summed E-state index contributed by atoms with van der Waals surface area (Å²) < 4.78 is 30.9. The summed E-state index contributed by atoms with van der Waals surface area (Å²) in [5.74, 6) is 0.0789. The van der Waals surface area contributed by atoms with Crippen LogP contribution in [0.5, 0.6) is 0 Å². The van der Waals surface area contributed by atoms with Crippen molar-refractivity contribution in [1.82, 2.24) is 9.62 Å². The molecule has 0 atom stereocenters. The van der Waals surface area contributed by atoms with Crippen LogP contribution < -0.4 is 5.32 Å². The van der Waals surface area contributed by atoms with Gasteiger partial charge in [-0.05, 0) is 13.8 Å². The van der Waals surface area contributed by atoms with Gasteiger partial charge in [0.15, 0.2) is 0 Å². The van der Waals surface area contributed by atoms with Crippen LogP contribution in [0.15, 0.2) is 0 Å². The summed E-state index contributed by atoms with van der Waals surface area (Å²) in [7, 11) is -3.16. The molecule has 1 fully saturated rings. The average Bonchev–Trinajstić information content (AvgIpc) is 2.09. The molecular formula is C10H22N2O3S. The Hall–Kier alpha value is -0.170. The van der Waals surface area contributed by atoms with Crippen molar-refractivity contribution < 1.29 is 13.2 Å². The molecule has 1 N–H and O–H groups in total. The van der Waals surface area contributed by atoms with Gasteiger partial charge in [-0.2, -0.15) is 4.31 Å². The first-order valence-electron chi connectivity index (χ1n) is 5.79. The Labute approximate surface area is 98.2 Å². The van der Waals surface area contributed by atoms with E-state index >= 15 is 0 Å². The maximum absolute atomic E-state index is 12.0. The van der Waals surface area contributed by atoms with Crippen LogP contribution in [0.3, 0.4) is 0 Å². The van der Waals surface area contributed by atoms with E-state index in [1.807, 2.05) is 20.8 Å². The molecule has 1 heterocycles. The van der Waals surface area contributed by atoms with E-state index in [0.717, 1.165) is 13.1 Å². The van der Waals surface area contributed by atoms with E-state index < -0.39 is 10.0 Å². The fourth-order valence-corrected chi connectivity index (χ4v) is 3.20. The highest BCUT2D eigenvalue weighted by atomic mass is 32.2. The molecule has 0 radical (unpaired) electrons. The molecule has 1 rings (SSSR count). The summed E-state index contributed by atoms with van der Waals surface area (Å²) in [5.41, 5.74) is 0. The minimum atomic E-state index is -3.16. The van der Waals surface area contributed by atoms with Crippen LogP contribution in [0.2, 0.25) is 0 Å². The Morgan fingerprint density at radius 1 is 1.44 bits per heavy atom. The lowest BCUT2D eigenvalue weighted by molar-refractivity contribution is 0.0903. The molecule has 0 aromatic heterocycles. The standard InChI is InChI=1S/C10H22N2O3S/c1-4-12(10-7-11-8-10)16(13,14)6-5-15-9(2)3/h9-11H,4-8H2,1-3H3. The van der Waals surface area contributed by atoms with Crippen molar-refractivity contribution in [3.05, 3.63) is 0 Å².